The van der Waals surface area contributed by atoms with Gasteiger partial charge in [-0.2, -0.15) is 0 Å². The summed E-state index contributed by atoms with van der Waals surface area (Å²) >= 11 is 0. The maximum Gasteiger partial charge on any atom is 0.337 e. The van der Waals surface area contributed by atoms with Crippen LogP contribution in [0.4, 0.5) is 0 Å². The Morgan fingerprint density at radius 1 is 1.07 bits per heavy atom. The molecule has 0 saturated heterocycles. The Hall–Kier alpha value is -3.41. The van der Waals surface area contributed by atoms with Crippen LogP contribution in [-0.2, 0) is 22.5 Å². The van der Waals surface area contributed by atoms with Crippen molar-refractivity contribution >= 4 is 11.9 Å². The number of amides is 1. The van der Waals surface area contributed by atoms with Crippen molar-refractivity contribution in [3.8, 4) is 11.3 Å². The second kappa shape index (κ2) is 9.50. The van der Waals surface area contributed by atoms with E-state index in [0.717, 1.165) is 16.9 Å². The number of nitrogens with zero attached hydrogens (tertiary/aromatic N) is 1. The first-order valence-electron chi connectivity index (χ1n) is 9.10. The molecule has 0 aliphatic rings. The number of aromatic nitrogens is 1. The molecule has 0 fully saturated rings. The van der Waals surface area contributed by atoms with Gasteiger partial charge in [0.2, 0.25) is 5.91 Å². The standard InChI is InChI=1S/C22H22N2O4/c1-27-22(26)18-12-10-16(11-13-18)14-23-20(25)8-5-9-21-24-15-19(28-21)17-6-3-2-4-7-17/h2-4,6-7,10-13,15H,5,8-9,14H2,1H3,(H,23,25). The van der Waals surface area contributed by atoms with Crippen molar-refractivity contribution in [2.24, 2.45) is 0 Å². The van der Waals surface area contributed by atoms with E-state index in [-0.39, 0.29) is 11.9 Å². The second-order valence-electron chi connectivity index (χ2n) is 6.30. The zero-order chi connectivity index (χ0) is 19.8. The fourth-order valence-corrected chi connectivity index (χ4v) is 2.73. The third-order valence-corrected chi connectivity index (χ3v) is 4.27. The van der Waals surface area contributed by atoms with Gasteiger partial charge in [0, 0.05) is 24.9 Å². The van der Waals surface area contributed by atoms with E-state index in [9.17, 15) is 9.59 Å². The molecule has 0 radical (unpaired) electrons. The molecule has 1 N–H and O–H groups in total. The lowest BCUT2D eigenvalue weighted by atomic mass is 10.1. The normalized spacial score (nSPS) is 10.5. The summed E-state index contributed by atoms with van der Waals surface area (Å²) in [5, 5.41) is 2.87. The SMILES string of the molecule is COC(=O)c1ccc(CNC(=O)CCCc2ncc(-c3ccccc3)o2)cc1. The van der Waals surface area contributed by atoms with Crippen LogP contribution in [0.25, 0.3) is 11.3 Å². The maximum atomic E-state index is 12.0. The van der Waals surface area contributed by atoms with Crippen molar-refractivity contribution in [2.45, 2.75) is 25.8 Å². The first-order valence-corrected chi connectivity index (χ1v) is 9.10. The lowest BCUT2D eigenvalue weighted by Gasteiger charge is -2.06. The van der Waals surface area contributed by atoms with E-state index in [2.05, 4.69) is 15.0 Å². The van der Waals surface area contributed by atoms with Gasteiger partial charge in [-0.05, 0) is 24.1 Å². The van der Waals surface area contributed by atoms with Gasteiger partial charge in [0.05, 0.1) is 18.9 Å². The fraction of sp³-hybridized carbons (Fsp3) is 0.227. The average molecular weight is 378 g/mol. The Labute approximate surface area is 163 Å². The van der Waals surface area contributed by atoms with Gasteiger partial charge in [0.1, 0.15) is 0 Å². The highest BCUT2D eigenvalue weighted by atomic mass is 16.5. The van der Waals surface area contributed by atoms with E-state index in [1.54, 1.807) is 30.5 Å². The second-order valence-corrected chi connectivity index (χ2v) is 6.30. The molecule has 0 aliphatic heterocycles. The van der Waals surface area contributed by atoms with Crippen molar-refractivity contribution in [3.63, 3.8) is 0 Å². The number of oxazole rings is 1. The van der Waals surface area contributed by atoms with E-state index in [1.165, 1.54) is 7.11 Å². The maximum absolute atomic E-state index is 12.0. The summed E-state index contributed by atoms with van der Waals surface area (Å²) in [6.45, 7) is 0.414. The topological polar surface area (TPSA) is 81.4 Å². The van der Waals surface area contributed by atoms with Gasteiger partial charge in [-0.25, -0.2) is 9.78 Å². The number of ether oxygens (including phenoxy) is 1. The molecule has 144 valence electrons. The fourth-order valence-electron chi connectivity index (χ4n) is 2.73. The van der Waals surface area contributed by atoms with Crippen LogP contribution in [0.2, 0.25) is 0 Å². The molecule has 1 aromatic heterocycles. The first kappa shape index (κ1) is 19.4. The number of methoxy groups -OCH3 is 1. The monoisotopic (exact) mass is 378 g/mol. The third-order valence-electron chi connectivity index (χ3n) is 4.27. The third kappa shape index (κ3) is 5.30. The van der Waals surface area contributed by atoms with Crippen molar-refractivity contribution in [3.05, 3.63) is 77.8 Å². The van der Waals surface area contributed by atoms with Gasteiger partial charge in [0.25, 0.3) is 0 Å². The summed E-state index contributed by atoms with van der Waals surface area (Å²) < 4.78 is 10.4. The zero-order valence-corrected chi connectivity index (χ0v) is 15.7. The van der Waals surface area contributed by atoms with Crippen molar-refractivity contribution in [1.82, 2.24) is 10.3 Å². The van der Waals surface area contributed by atoms with Crippen LogP contribution in [0.5, 0.6) is 0 Å². The predicted molar refractivity (Wildman–Crippen MR) is 105 cm³/mol. The highest BCUT2D eigenvalue weighted by Crippen LogP contribution is 2.20. The molecule has 3 rings (SSSR count). The molecular weight excluding hydrogens is 356 g/mol. The van der Waals surface area contributed by atoms with Crippen LogP contribution in [-0.4, -0.2) is 24.0 Å². The number of carbonyl (C=O) groups excluding carboxylic acids is 2. The minimum atomic E-state index is -0.377. The highest BCUT2D eigenvalue weighted by molar-refractivity contribution is 5.89. The number of benzene rings is 2. The van der Waals surface area contributed by atoms with Crippen LogP contribution in [0.15, 0.2) is 65.2 Å². The smallest absolute Gasteiger partial charge is 0.337 e. The number of carbonyl (C=O) groups is 2. The van der Waals surface area contributed by atoms with Crippen molar-refractivity contribution < 1.29 is 18.7 Å². The van der Waals surface area contributed by atoms with E-state index in [4.69, 9.17) is 4.42 Å². The molecule has 1 heterocycles. The van der Waals surface area contributed by atoms with Crippen LogP contribution in [0, 0.1) is 0 Å². The van der Waals surface area contributed by atoms with Gasteiger partial charge < -0.3 is 14.5 Å². The molecule has 2 aromatic carbocycles. The Balaban J connectivity index is 1.40. The number of nitrogens with one attached hydrogen (secondary N) is 1. The molecule has 0 saturated carbocycles. The van der Waals surface area contributed by atoms with Crippen molar-refractivity contribution in [1.29, 1.82) is 0 Å². The molecule has 6 heteroatoms. The number of hydrogen-bond donors (Lipinski definition) is 1. The summed E-state index contributed by atoms with van der Waals surface area (Å²) in [5.41, 5.74) is 2.39. The average Bonchev–Trinajstić information content (AvgIpc) is 3.21. The summed E-state index contributed by atoms with van der Waals surface area (Å²) in [6.07, 6.45) is 3.36. The minimum absolute atomic E-state index is 0.0353. The lowest BCUT2D eigenvalue weighted by molar-refractivity contribution is -0.121. The summed E-state index contributed by atoms with van der Waals surface area (Å²) in [5.74, 6) is 0.949. The van der Waals surface area contributed by atoms with E-state index >= 15 is 0 Å². The molecule has 28 heavy (non-hydrogen) atoms. The molecule has 0 unspecified atom stereocenters. The molecule has 3 aromatic rings. The van der Waals surface area contributed by atoms with Crippen LogP contribution in [0.1, 0.15) is 34.7 Å². The van der Waals surface area contributed by atoms with Crippen LogP contribution in [0.3, 0.4) is 0 Å². The van der Waals surface area contributed by atoms with Gasteiger partial charge in [0.15, 0.2) is 11.7 Å². The molecule has 0 aliphatic carbocycles. The largest absolute Gasteiger partial charge is 0.465 e. The number of hydrogen-bond acceptors (Lipinski definition) is 5. The van der Waals surface area contributed by atoms with Gasteiger partial charge in [-0.3, -0.25) is 4.79 Å². The Morgan fingerprint density at radius 2 is 1.82 bits per heavy atom. The molecule has 1 amide bonds. The Morgan fingerprint density at radius 3 is 2.54 bits per heavy atom. The number of rotatable bonds is 8. The van der Waals surface area contributed by atoms with Gasteiger partial charge >= 0.3 is 5.97 Å². The van der Waals surface area contributed by atoms with Crippen LogP contribution >= 0.6 is 0 Å². The van der Waals surface area contributed by atoms with Crippen molar-refractivity contribution in [2.75, 3.05) is 7.11 Å². The summed E-state index contributed by atoms with van der Waals surface area (Å²) in [4.78, 5) is 27.7. The number of esters is 1. The molecule has 0 spiro atoms. The molecule has 0 atom stereocenters. The van der Waals surface area contributed by atoms with Gasteiger partial charge in [-0.1, -0.05) is 42.5 Å². The summed E-state index contributed by atoms with van der Waals surface area (Å²) in [6, 6.07) is 16.7. The highest BCUT2D eigenvalue weighted by Gasteiger charge is 2.08. The van der Waals surface area contributed by atoms with E-state index in [1.807, 2.05) is 30.3 Å². The quantitative estimate of drug-likeness (QED) is 0.604. The minimum Gasteiger partial charge on any atom is -0.465 e. The Kier molecular flexibility index (Phi) is 6.57. The molecule has 6 nitrogen and oxygen atoms in total. The Bertz CT molecular complexity index is 917. The van der Waals surface area contributed by atoms with E-state index in [0.29, 0.717) is 37.3 Å². The summed E-state index contributed by atoms with van der Waals surface area (Å²) in [7, 11) is 1.34. The predicted octanol–water partition coefficient (Wildman–Crippen LogP) is 3.77. The lowest BCUT2D eigenvalue weighted by Crippen LogP contribution is -2.22. The van der Waals surface area contributed by atoms with Gasteiger partial charge in [-0.15, -0.1) is 0 Å². The number of aryl methyl sites for hydroxylation is 1. The molecular formula is C22H22N2O4. The zero-order valence-electron chi connectivity index (χ0n) is 15.7. The van der Waals surface area contributed by atoms with Crippen LogP contribution < -0.4 is 5.32 Å². The molecule has 0 bridgehead atoms. The van der Waals surface area contributed by atoms with E-state index < -0.39 is 0 Å². The first-order chi connectivity index (χ1) is 13.7.